The molecule has 4 nitrogen and oxygen atoms in total. The van der Waals surface area contributed by atoms with E-state index >= 15 is 0 Å². The van der Waals surface area contributed by atoms with Gasteiger partial charge in [0.25, 0.3) is 0 Å². The molecular weight excluding hydrogens is 156 g/mol. The van der Waals surface area contributed by atoms with Gasteiger partial charge in [0.1, 0.15) is 12.4 Å². The molecule has 1 aromatic heterocycles. The summed E-state index contributed by atoms with van der Waals surface area (Å²) in [7, 11) is 1.97. The second-order valence-corrected chi connectivity index (χ2v) is 2.54. The summed E-state index contributed by atoms with van der Waals surface area (Å²) in [5.41, 5.74) is 0. The highest BCUT2D eigenvalue weighted by molar-refractivity contribution is 4.62. The summed E-state index contributed by atoms with van der Waals surface area (Å²) in [6.45, 7) is 3.54. The highest BCUT2D eigenvalue weighted by Crippen LogP contribution is 1.86. The zero-order valence-corrected chi connectivity index (χ0v) is 7.56. The molecule has 0 saturated carbocycles. The summed E-state index contributed by atoms with van der Waals surface area (Å²) in [5.74, 6) is 0. The first-order valence-electron chi connectivity index (χ1n) is 3.99. The monoisotopic (exact) mass is 171 g/mol. The van der Waals surface area contributed by atoms with Crippen molar-refractivity contribution >= 4 is 0 Å². The van der Waals surface area contributed by atoms with Gasteiger partial charge in [-0.2, -0.15) is 0 Å². The number of imidazole rings is 1. The van der Waals surface area contributed by atoms with Crippen LogP contribution in [0.1, 0.15) is 6.92 Å². The summed E-state index contributed by atoms with van der Waals surface area (Å²) >= 11 is 0. The molecule has 1 heterocycles. The van der Waals surface area contributed by atoms with E-state index < -0.39 is 0 Å². The summed E-state index contributed by atoms with van der Waals surface area (Å²) in [4.78, 5) is 0. The molecule has 0 unspecified atom stereocenters. The first-order chi connectivity index (χ1) is 5.83. The van der Waals surface area contributed by atoms with Gasteiger partial charge in [0, 0.05) is 6.61 Å². The minimum atomic E-state index is 0.360. The maximum absolute atomic E-state index is 5.20. The fraction of sp³-hybridized carbons (Fsp3) is 0.625. The van der Waals surface area contributed by atoms with Crippen molar-refractivity contribution in [3.05, 3.63) is 18.7 Å². The molecule has 68 valence electrons. The van der Waals surface area contributed by atoms with Gasteiger partial charge >= 0.3 is 0 Å². The van der Waals surface area contributed by atoms with Crippen molar-refractivity contribution in [2.45, 2.75) is 13.7 Å². The molecule has 0 spiro atoms. The van der Waals surface area contributed by atoms with E-state index in [4.69, 9.17) is 9.47 Å². The van der Waals surface area contributed by atoms with Crippen LogP contribution < -0.4 is 4.57 Å². The molecule has 0 atom stereocenters. The smallest absolute Gasteiger partial charge is 0.245 e. The van der Waals surface area contributed by atoms with Gasteiger partial charge < -0.3 is 9.47 Å². The molecule has 0 aliphatic carbocycles. The molecular formula is C8H15N2O2+. The van der Waals surface area contributed by atoms with Crippen LogP contribution in [0, 0.1) is 0 Å². The molecule has 1 aromatic rings. The average molecular weight is 171 g/mol. The van der Waals surface area contributed by atoms with Crippen LogP contribution in [-0.2, 0) is 23.3 Å². The predicted molar refractivity (Wildman–Crippen MR) is 43.2 cm³/mol. The standard InChI is InChI=1S/C8H15N2O2/c1-3-11-8-12-7-10-5-4-9(2)6-10/h4-6H,3,7-8H2,1-2H3/q+1. The molecule has 0 amide bonds. The van der Waals surface area contributed by atoms with Crippen LogP contribution in [0.4, 0.5) is 0 Å². The van der Waals surface area contributed by atoms with Gasteiger partial charge in [-0.15, -0.1) is 0 Å². The minimum absolute atomic E-state index is 0.360. The largest absolute Gasteiger partial charge is 0.356 e. The van der Waals surface area contributed by atoms with Gasteiger partial charge in [0.15, 0.2) is 13.5 Å². The molecule has 0 aliphatic heterocycles. The third-order valence-corrected chi connectivity index (χ3v) is 1.43. The molecule has 12 heavy (non-hydrogen) atoms. The Kier molecular flexibility index (Phi) is 3.76. The Labute approximate surface area is 72.3 Å². The molecule has 0 N–H and O–H groups in total. The zero-order valence-electron chi connectivity index (χ0n) is 7.56. The van der Waals surface area contributed by atoms with Crippen molar-refractivity contribution in [3.8, 4) is 0 Å². The number of ether oxygens (including phenoxy) is 2. The van der Waals surface area contributed by atoms with E-state index in [0.29, 0.717) is 20.1 Å². The highest BCUT2D eigenvalue weighted by atomic mass is 16.7. The van der Waals surface area contributed by atoms with Gasteiger partial charge in [0.2, 0.25) is 6.33 Å². The van der Waals surface area contributed by atoms with E-state index in [1.165, 1.54) is 0 Å². The van der Waals surface area contributed by atoms with Gasteiger partial charge in [-0.1, -0.05) is 0 Å². The molecule has 0 bridgehead atoms. The van der Waals surface area contributed by atoms with Crippen LogP contribution in [-0.4, -0.2) is 18.0 Å². The van der Waals surface area contributed by atoms with E-state index in [1.807, 2.05) is 41.8 Å². The first-order valence-corrected chi connectivity index (χ1v) is 3.99. The zero-order chi connectivity index (χ0) is 8.81. The first kappa shape index (κ1) is 9.22. The van der Waals surface area contributed by atoms with Crippen molar-refractivity contribution in [1.82, 2.24) is 4.57 Å². The van der Waals surface area contributed by atoms with Crippen molar-refractivity contribution in [3.63, 3.8) is 0 Å². The van der Waals surface area contributed by atoms with E-state index in [-0.39, 0.29) is 0 Å². The lowest BCUT2D eigenvalue weighted by Gasteiger charge is -1.99. The van der Waals surface area contributed by atoms with E-state index in [9.17, 15) is 0 Å². The number of nitrogens with zero attached hydrogens (tertiary/aromatic N) is 2. The van der Waals surface area contributed by atoms with Crippen LogP contribution in [0.5, 0.6) is 0 Å². The van der Waals surface area contributed by atoms with Crippen molar-refractivity contribution in [2.24, 2.45) is 7.05 Å². The Morgan fingerprint density at radius 3 is 2.83 bits per heavy atom. The highest BCUT2D eigenvalue weighted by Gasteiger charge is 1.97. The average Bonchev–Trinajstić information content (AvgIpc) is 2.45. The third-order valence-electron chi connectivity index (χ3n) is 1.43. The molecule has 0 radical (unpaired) electrons. The number of rotatable bonds is 5. The Balaban J connectivity index is 2.15. The predicted octanol–water partition coefficient (Wildman–Crippen LogP) is 0.281. The van der Waals surface area contributed by atoms with E-state index in [2.05, 4.69) is 0 Å². The van der Waals surface area contributed by atoms with Crippen LogP contribution in [0.3, 0.4) is 0 Å². The van der Waals surface area contributed by atoms with Gasteiger partial charge in [0.05, 0.1) is 7.05 Å². The number of aromatic nitrogens is 2. The summed E-state index contributed by atoms with van der Waals surface area (Å²) < 4.78 is 14.1. The molecule has 1 rings (SSSR count). The summed E-state index contributed by atoms with van der Waals surface area (Å²) in [6.07, 6.45) is 5.86. The number of hydrogen-bond donors (Lipinski definition) is 0. The minimum Gasteiger partial charge on any atom is -0.356 e. The Bertz CT molecular complexity index is 223. The van der Waals surface area contributed by atoms with Crippen LogP contribution in [0.15, 0.2) is 18.7 Å². The SMILES string of the molecule is CCOCOCn1cc[n+](C)c1. The van der Waals surface area contributed by atoms with Gasteiger partial charge in [-0.25, -0.2) is 9.13 Å². The molecule has 4 heteroatoms. The fourth-order valence-corrected chi connectivity index (χ4v) is 0.863. The fourth-order valence-electron chi connectivity index (χ4n) is 0.863. The van der Waals surface area contributed by atoms with E-state index in [1.54, 1.807) is 0 Å². The molecule has 0 aromatic carbocycles. The maximum Gasteiger partial charge on any atom is 0.245 e. The lowest BCUT2D eigenvalue weighted by atomic mass is 10.9. The molecule has 0 fully saturated rings. The Morgan fingerprint density at radius 1 is 1.42 bits per heavy atom. The summed E-state index contributed by atoms with van der Waals surface area (Å²) in [6, 6.07) is 0. The summed E-state index contributed by atoms with van der Waals surface area (Å²) in [5, 5.41) is 0. The topological polar surface area (TPSA) is 27.3 Å². The second-order valence-electron chi connectivity index (χ2n) is 2.54. The Hall–Kier alpha value is -0.870. The van der Waals surface area contributed by atoms with Gasteiger partial charge in [-0.3, -0.25) is 0 Å². The van der Waals surface area contributed by atoms with Crippen LogP contribution >= 0.6 is 0 Å². The maximum atomic E-state index is 5.20. The van der Waals surface area contributed by atoms with Crippen LogP contribution in [0.25, 0.3) is 0 Å². The Morgan fingerprint density at radius 2 is 2.25 bits per heavy atom. The number of hydrogen-bond acceptors (Lipinski definition) is 2. The van der Waals surface area contributed by atoms with Crippen molar-refractivity contribution < 1.29 is 14.0 Å². The van der Waals surface area contributed by atoms with E-state index in [0.717, 1.165) is 0 Å². The normalized spacial score (nSPS) is 10.5. The molecule has 0 saturated heterocycles. The van der Waals surface area contributed by atoms with Gasteiger partial charge in [-0.05, 0) is 6.92 Å². The number of aryl methyl sites for hydroxylation is 1. The lowest BCUT2D eigenvalue weighted by molar-refractivity contribution is -0.671. The third kappa shape index (κ3) is 3.02. The second kappa shape index (κ2) is 4.90. The lowest BCUT2D eigenvalue weighted by Crippen LogP contribution is -2.24. The van der Waals surface area contributed by atoms with Crippen molar-refractivity contribution in [1.29, 1.82) is 0 Å². The quantitative estimate of drug-likeness (QED) is 0.361. The van der Waals surface area contributed by atoms with Crippen molar-refractivity contribution in [2.75, 3.05) is 13.4 Å². The molecule has 0 aliphatic rings. The van der Waals surface area contributed by atoms with Crippen LogP contribution in [0.2, 0.25) is 0 Å².